The highest BCUT2D eigenvalue weighted by molar-refractivity contribution is 8.29. The molecule has 1 aromatic rings. The molecule has 20 heavy (non-hydrogen) atoms. The minimum absolute atomic E-state index is 0.0981. The summed E-state index contributed by atoms with van der Waals surface area (Å²) in [5.41, 5.74) is 0.774. The zero-order chi connectivity index (χ0) is 14.3. The molecule has 0 saturated heterocycles. The maximum absolute atomic E-state index is 12.4. The van der Waals surface area contributed by atoms with E-state index in [0.29, 0.717) is 25.2 Å². The van der Waals surface area contributed by atoms with Crippen LogP contribution in [-0.2, 0) is 0 Å². The Morgan fingerprint density at radius 2 is 1.35 bits per heavy atom. The van der Waals surface area contributed by atoms with Crippen molar-refractivity contribution in [3.8, 4) is 0 Å². The molecule has 1 heterocycles. The molecule has 0 saturated carbocycles. The van der Waals surface area contributed by atoms with Gasteiger partial charge in [-0.05, 0) is 0 Å². The largest absolute Gasteiger partial charge is 0.540 e. The van der Waals surface area contributed by atoms with Crippen LogP contribution >= 0.6 is 23.5 Å². The summed E-state index contributed by atoms with van der Waals surface area (Å²) in [5, 5.41) is 0. The fourth-order valence-corrected chi connectivity index (χ4v) is 4.36. The summed E-state index contributed by atoms with van der Waals surface area (Å²) >= 11 is 2.10. The van der Waals surface area contributed by atoms with E-state index in [-0.39, 0.29) is 17.4 Å². The minimum atomic E-state index is -0.211. The van der Waals surface area contributed by atoms with Crippen LogP contribution in [0.4, 0.5) is 0 Å². The Kier molecular flexibility index (Phi) is 2.98. The number of allylic oxidation sites excluding steroid dienone is 2. The molecule has 94 valence electrons. The quantitative estimate of drug-likeness (QED) is 0.684. The van der Waals surface area contributed by atoms with E-state index in [1.165, 1.54) is 0 Å². The molecular weight excluding hydrogens is 292 g/mol. The first-order chi connectivity index (χ1) is 9.67. The van der Waals surface area contributed by atoms with Gasteiger partial charge in [-0.1, -0.05) is 47.8 Å². The van der Waals surface area contributed by atoms with E-state index in [1.54, 1.807) is 24.3 Å². The lowest BCUT2D eigenvalue weighted by Gasteiger charge is -2.13. The van der Waals surface area contributed by atoms with Crippen molar-refractivity contribution in [1.29, 1.82) is 0 Å². The average Bonchev–Trinajstić information content (AvgIpc) is 2.92. The molecule has 0 fully saturated rings. The Hall–Kier alpha value is -2.28. The number of carbonyl (C=O) groups excluding carboxylic acids is 2. The van der Waals surface area contributed by atoms with E-state index in [0.717, 1.165) is 23.5 Å². The van der Waals surface area contributed by atoms with Crippen molar-refractivity contribution < 1.29 is 9.59 Å². The van der Waals surface area contributed by atoms with Gasteiger partial charge in [0.1, 0.15) is 17.4 Å². The van der Waals surface area contributed by atoms with Crippen LogP contribution in [0.3, 0.4) is 0 Å². The molecule has 1 aliphatic carbocycles. The average molecular weight is 296 g/mol. The highest BCUT2D eigenvalue weighted by Gasteiger charge is 2.40. The molecule has 4 nitrogen and oxygen atoms in total. The van der Waals surface area contributed by atoms with Crippen LogP contribution in [0.15, 0.2) is 44.1 Å². The molecule has 1 aromatic carbocycles. The number of rotatable bonds is 0. The van der Waals surface area contributed by atoms with Gasteiger partial charge in [0.05, 0.1) is 9.81 Å². The Labute approximate surface area is 123 Å². The highest BCUT2D eigenvalue weighted by atomic mass is 32.2. The molecular formula is C14H4N2O2S2. The zero-order valence-electron chi connectivity index (χ0n) is 9.84. The number of nitrogens with zero attached hydrogens (tertiary/aromatic N) is 2. The third kappa shape index (κ3) is 1.70. The van der Waals surface area contributed by atoms with Crippen molar-refractivity contribution in [3.05, 3.63) is 78.1 Å². The SMILES string of the molecule is [C-]#[N+]C([N+]#[C-])=C1SC2=C(S1)C(=O)c1ccccc1C2=O. The fraction of sp³-hybridized carbons (Fsp3) is 0. The van der Waals surface area contributed by atoms with Gasteiger partial charge in [0.25, 0.3) is 0 Å². The monoisotopic (exact) mass is 296 g/mol. The Morgan fingerprint density at radius 1 is 0.900 bits per heavy atom. The van der Waals surface area contributed by atoms with Gasteiger partial charge in [-0.25, -0.2) is 0 Å². The van der Waals surface area contributed by atoms with Crippen LogP contribution in [0.5, 0.6) is 0 Å². The molecule has 0 unspecified atom stereocenters. The second kappa shape index (κ2) is 4.68. The van der Waals surface area contributed by atoms with Crippen LogP contribution in [0.2, 0.25) is 0 Å². The summed E-state index contributed by atoms with van der Waals surface area (Å²) in [6.45, 7) is 13.9. The first-order valence-electron chi connectivity index (χ1n) is 5.45. The molecule has 0 N–H and O–H groups in total. The number of ketones is 2. The number of hydrogen-bond acceptors (Lipinski definition) is 4. The van der Waals surface area contributed by atoms with Crippen molar-refractivity contribution in [2.75, 3.05) is 0 Å². The molecule has 3 rings (SSSR count). The minimum Gasteiger partial charge on any atom is -0.288 e. The molecule has 0 spiro atoms. The number of carbonyl (C=O) groups is 2. The van der Waals surface area contributed by atoms with Crippen molar-refractivity contribution in [1.82, 2.24) is 0 Å². The lowest BCUT2D eigenvalue weighted by Crippen LogP contribution is -2.17. The van der Waals surface area contributed by atoms with E-state index in [4.69, 9.17) is 13.1 Å². The van der Waals surface area contributed by atoms with Gasteiger partial charge in [-0.3, -0.25) is 9.59 Å². The van der Waals surface area contributed by atoms with Crippen LogP contribution in [0.25, 0.3) is 9.69 Å². The van der Waals surface area contributed by atoms with Crippen molar-refractivity contribution >= 4 is 35.1 Å². The van der Waals surface area contributed by atoms with Crippen molar-refractivity contribution in [3.63, 3.8) is 0 Å². The maximum atomic E-state index is 12.4. The summed E-state index contributed by atoms with van der Waals surface area (Å²) in [6, 6.07) is 6.67. The molecule has 0 radical (unpaired) electrons. The Balaban J connectivity index is 2.13. The van der Waals surface area contributed by atoms with Crippen molar-refractivity contribution in [2.45, 2.75) is 0 Å². The van der Waals surface area contributed by atoms with Crippen LogP contribution < -0.4 is 0 Å². The van der Waals surface area contributed by atoms with E-state index in [2.05, 4.69) is 9.69 Å². The van der Waals surface area contributed by atoms with E-state index in [1.807, 2.05) is 0 Å². The molecule has 0 atom stereocenters. The normalized spacial score (nSPS) is 16.4. The number of fused-ring (bicyclic) bond motifs is 1. The highest BCUT2D eigenvalue weighted by Crippen LogP contribution is 2.54. The summed E-state index contributed by atoms with van der Waals surface area (Å²) in [6.07, 6.45) is 0. The second-order valence-electron chi connectivity index (χ2n) is 3.90. The number of Topliss-reactive ketones (excluding diaryl/α,β-unsaturated/α-hetero) is 2. The number of thioether (sulfide) groups is 2. The van der Waals surface area contributed by atoms with E-state index < -0.39 is 0 Å². The predicted octanol–water partition coefficient (Wildman–Crippen LogP) is 3.72. The van der Waals surface area contributed by atoms with Gasteiger partial charge in [0, 0.05) is 11.1 Å². The lowest BCUT2D eigenvalue weighted by atomic mass is 9.94. The topological polar surface area (TPSA) is 42.9 Å². The standard InChI is InChI=1S/C14H4N2O2S2/c1-15-13(16-2)14-19-11-9(17)7-5-3-4-6-8(7)10(18)12(11)20-14/h3-6H. The third-order valence-corrected chi connectivity index (χ3v) is 5.37. The first kappa shape index (κ1) is 12.7. The molecule has 2 aliphatic rings. The van der Waals surface area contributed by atoms with E-state index >= 15 is 0 Å². The molecule has 6 heteroatoms. The Bertz CT molecular complexity index is 757. The summed E-state index contributed by atoms with van der Waals surface area (Å²) in [5.74, 6) is -0.520. The van der Waals surface area contributed by atoms with Gasteiger partial charge in [-0.15, -0.1) is 0 Å². The van der Waals surface area contributed by atoms with E-state index in [9.17, 15) is 9.59 Å². The fourth-order valence-electron chi connectivity index (χ4n) is 1.93. The number of hydrogen-bond donors (Lipinski definition) is 0. The van der Waals surface area contributed by atoms with Gasteiger partial charge in [0.15, 0.2) is 0 Å². The molecule has 0 aromatic heterocycles. The van der Waals surface area contributed by atoms with Gasteiger partial charge in [0.2, 0.25) is 11.6 Å². The molecule has 0 bridgehead atoms. The zero-order valence-corrected chi connectivity index (χ0v) is 11.5. The van der Waals surface area contributed by atoms with Crippen LogP contribution in [0.1, 0.15) is 20.7 Å². The van der Waals surface area contributed by atoms with Crippen molar-refractivity contribution in [2.24, 2.45) is 0 Å². The molecule has 1 aliphatic heterocycles. The maximum Gasteiger partial charge on any atom is 0.540 e. The lowest BCUT2D eigenvalue weighted by molar-refractivity contribution is 0.0988. The van der Waals surface area contributed by atoms with Gasteiger partial charge < -0.3 is 0 Å². The molecule has 0 amide bonds. The second-order valence-corrected chi connectivity index (χ2v) is 6.20. The Morgan fingerprint density at radius 3 is 1.75 bits per heavy atom. The smallest absolute Gasteiger partial charge is 0.288 e. The van der Waals surface area contributed by atoms with Gasteiger partial charge in [-0.2, -0.15) is 9.69 Å². The summed E-state index contributed by atoms with van der Waals surface area (Å²) in [4.78, 5) is 31.7. The summed E-state index contributed by atoms with van der Waals surface area (Å²) in [7, 11) is 0. The predicted molar refractivity (Wildman–Crippen MR) is 77.5 cm³/mol. The van der Waals surface area contributed by atoms with Gasteiger partial charge >= 0.3 is 5.82 Å². The third-order valence-electron chi connectivity index (χ3n) is 2.82. The summed E-state index contributed by atoms with van der Waals surface area (Å²) < 4.78 is 0.412. The number of benzene rings is 1. The first-order valence-corrected chi connectivity index (χ1v) is 7.08. The van der Waals surface area contributed by atoms with Crippen LogP contribution in [0, 0.1) is 13.1 Å². The van der Waals surface area contributed by atoms with Crippen LogP contribution in [-0.4, -0.2) is 11.6 Å².